The SMILES string of the molecule is COc1ccc(CC(=O)N/N=C\c2cc(Br)c(OC)c(OC)c2)cc1. The molecule has 1 N–H and O–H groups in total. The maximum absolute atomic E-state index is 11.9. The number of methoxy groups -OCH3 is 3. The standard InChI is InChI=1S/C18H19BrN2O4/c1-23-14-6-4-12(5-7-14)10-17(22)21-20-11-13-8-15(19)18(25-3)16(9-13)24-2/h4-9,11H,10H2,1-3H3,(H,21,22)/b20-11-. The van der Waals surface area contributed by atoms with Gasteiger partial charge in [-0.1, -0.05) is 12.1 Å². The van der Waals surface area contributed by atoms with E-state index in [-0.39, 0.29) is 12.3 Å². The van der Waals surface area contributed by atoms with E-state index in [0.717, 1.165) is 21.3 Å². The van der Waals surface area contributed by atoms with Crippen LogP contribution in [0.1, 0.15) is 11.1 Å². The Labute approximate surface area is 154 Å². The molecule has 0 unspecified atom stereocenters. The third-order valence-electron chi connectivity index (χ3n) is 3.38. The Morgan fingerprint density at radius 3 is 2.44 bits per heavy atom. The van der Waals surface area contributed by atoms with Crippen LogP contribution in [0.4, 0.5) is 0 Å². The van der Waals surface area contributed by atoms with Crippen LogP contribution in [0, 0.1) is 0 Å². The highest BCUT2D eigenvalue weighted by molar-refractivity contribution is 9.10. The lowest BCUT2D eigenvalue weighted by Crippen LogP contribution is -2.19. The number of nitrogens with zero attached hydrogens (tertiary/aromatic N) is 1. The van der Waals surface area contributed by atoms with Crippen LogP contribution in [0.5, 0.6) is 17.2 Å². The number of hydrogen-bond donors (Lipinski definition) is 1. The molecule has 0 aliphatic rings. The summed E-state index contributed by atoms with van der Waals surface area (Å²) in [4.78, 5) is 11.9. The summed E-state index contributed by atoms with van der Waals surface area (Å²) in [6, 6.07) is 10.9. The van der Waals surface area contributed by atoms with Crippen molar-refractivity contribution in [2.45, 2.75) is 6.42 Å². The molecule has 0 saturated carbocycles. The monoisotopic (exact) mass is 406 g/mol. The molecule has 0 aliphatic heterocycles. The highest BCUT2D eigenvalue weighted by atomic mass is 79.9. The van der Waals surface area contributed by atoms with Crippen molar-refractivity contribution in [1.82, 2.24) is 5.43 Å². The van der Waals surface area contributed by atoms with Crippen LogP contribution in [0.3, 0.4) is 0 Å². The van der Waals surface area contributed by atoms with Crippen LogP contribution in [0.25, 0.3) is 0 Å². The van der Waals surface area contributed by atoms with Gasteiger partial charge < -0.3 is 14.2 Å². The summed E-state index contributed by atoms with van der Waals surface area (Å²) in [6.07, 6.45) is 1.77. The number of hydrazone groups is 1. The second-order valence-electron chi connectivity index (χ2n) is 5.06. The van der Waals surface area contributed by atoms with Gasteiger partial charge in [-0.2, -0.15) is 5.10 Å². The van der Waals surface area contributed by atoms with Gasteiger partial charge in [-0.05, 0) is 51.3 Å². The Morgan fingerprint density at radius 2 is 1.84 bits per heavy atom. The summed E-state index contributed by atoms with van der Waals surface area (Å²) < 4.78 is 16.3. The maximum atomic E-state index is 11.9. The molecular weight excluding hydrogens is 388 g/mol. The number of rotatable bonds is 7. The molecule has 7 heteroatoms. The topological polar surface area (TPSA) is 69.2 Å². The molecule has 0 aromatic heterocycles. The largest absolute Gasteiger partial charge is 0.497 e. The number of halogens is 1. The van der Waals surface area contributed by atoms with Crippen molar-refractivity contribution in [2.24, 2.45) is 5.10 Å². The fourth-order valence-corrected chi connectivity index (χ4v) is 2.78. The third-order valence-corrected chi connectivity index (χ3v) is 3.97. The van der Waals surface area contributed by atoms with Gasteiger partial charge in [-0.25, -0.2) is 5.43 Å². The third kappa shape index (κ3) is 5.22. The number of hydrogen-bond acceptors (Lipinski definition) is 5. The molecule has 25 heavy (non-hydrogen) atoms. The lowest BCUT2D eigenvalue weighted by molar-refractivity contribution is -0.120. The first-order valence-corrected chi connectivity index (χ1v) is 8.23. The highest BCUT2D eigenvalue weighted by Crippen LogP contribution is 2.35. The molecule has 0 spiro atoms. The van der Waals surface area contributed by atoms with E-state index in [9.17, 15) is 4.79 Å². The average molecular weight is 407 g/mol. The minimum absolute atomic E-state index is 0.207. The van der Waals surface area contributed by atoms with E-state index in [4.69, 9.17) is 14.2 Å². The van der Waals surface area contributed by atoms with Crippen molar-refractivity contribution in [1.29, 1.82) is 0 Å². The van der Waals surface area contributed by atoms with Gasteiger partial charge in [-0.15, -0.1) is 0 Å². The number of benzene rings is 2. The van der Waals surface area contributed by atoms with Gasteiger partial charge in [0.2, 0.25) is 5.91 Å². The molecule has 0 heterocycles. The van der Waals surface area contributed by atoms with E-state index < -0.39 is 0 Å². The predicted molar refractivity (Wildman–Crippen MR) is 99.7 cm³/mol. The molecule has 0 fully saturated rings. The van der Waals surface area contributed by atoms with Crippen molar-refractivity contribution < 1.29 is 19.0 Å². The first-order chi connectivity index (χ1) is 12.1. The number of amides is 1. The van der Waals surface area contributed by atoms with Gasteiger partial charge in [0, 0.05) is 0 Å². The number of carbonyl (C=O) groups is 1. The van der Waals surface area contributed by atoms with Crippen LogP contribution >= 0.6 is 15.9 Å². The number of carbonyl (C=O) groups excluding carboxylic acids is 1. The normalized spacial score (nSPS) is 10.6. The van der Waals surface area contributed by atoms with Crippen molar-refractivity contribution in [3.63, 3.8) is 0 Å². The van der Waals surface area contributed by atoms with Gasteiger partial charge in [0.1, 0.15) is 5.75 Å². The first-order valence-electron chi connectivity index (χ1n) is 7.43. The lowest BCUT2D eigenvalue weighted by Gasteiger charge is -2.10. The summed E-state index contributed by atoms with van der Waals surface area (Å²) >= 11 is 3.41. The number of ether oxygens (including phenoxy) is 3. The van der Waals surface area contributed by atoms with Crippen LogP contribution < -0.4 is 19.6 Å². The summed E-state index contributed by atoms with van der Waals surface area (Å²) in [5.74, 6) is 1.72. The molecule has 0 atom stereocenters. The second kappa shape index (κ2) is 9.08. The Morgan fingerprint density at radius 1 is 1.12 bits per heavy atom. The molecule has 0 bridgehead atoms. The van der Waals surface area contributed by atoms with Crippen LogP contribution in [-0.2, 0) is 11.2 Å². The molecular formula is C18H19BrN2O4. The van der Waals surface area contributed by atoms with Gasteiger partial charge in [-0.3, -0.25) is 4.79 Å². The molecule has 2 rings (SSSR count). The van der Waals surface area contributed by atoms with E-state index in [1.165, 1.54) is 0 Å². The summed E-state index contributed by atoms with van der Waals surface area (Å²) in [5, 5.41) is 3.98. The van der Waals surface area contributed by atoms with Crippen molar-refractivity contribution in [3.8, 4) is 17.2 Å². The van der Waals surface area contributed by atoms with Crippen molar-refractivity contribution >= 4 is 28.1 Å². The highest BCUT2D eigenvalue weighted by Gasteiger charge is 2.09. The minimum atomic E-state index is -0.207. The van der Waals surface area contributed by atoms with E-state index in [0.29, 0.717) is 11.5 Å². The molecule has 0 aliphatic carbocycles. The Bertz CT molecular complexity index is 760. The minimum Gasteiger partial charge on any atom is -0.497 e. The van der Waals surface area contributed by atoms with Crippen LogP contribution in [0.15, 0.2) is 46.0 Å². The fraction of sp³-hybridized carbons (Fsp3) is 0.222. The lowest BCUT2D eigenvalue weighted by atomic mass is 10.1. The van der Waals surface area contributed by atoms with E-state index in [2.05, 4.69) is 26.5 Å². The molecule has 0 saturated heterocycles. The van der Waals surface area contributed by atoms with Crippen LogP contribution in [0.2, 0.25) is 0 Å². The van der Waals surface area contributed by atoms with Crippen molar-refractivity contribution in [3.05, 3.63) is 52.0 Å². The van der Waals surface area contributed by atoms with Crippen molar-refractivity contribution in [2.75, 3.05) is 21.3 Å². The summed E-state index contributed by atoms with van der Waals surface area (Å²) in [5.41, 5.74) is 4.14. The van der Waals surface area contributed by atoms with Gasteiger partial charge in [0.25, 0.3) is 0 Å². The average Bonchev–Trinajstić information content (AvgIpc) is 2.61. The fourth-order valence-electron chi connectivity index (χ4n) is 2.16. The zero-order valence-corrected chi connectivity index (χ0v) is 15.8. The van der Waals surface area contributed by atoms with E-state index >= 15 is 0 Å². The first kappa shape index (κ1) is 18.8. The molecule has 132 valence electrons. The van der Waals surface area contributed by atoms with Gasteiger partial charge in [0.05, 0.1) is 38.4 Å². The smallest absolute Gasteiger partial charge is 0.244 e. The Hall–Kier alpha value is -2.54. The van der Waals surface area contributed by atoms with E-state index in [1.807, 2.05) is 30.3 Å². The van der Waals surface area contributed by atoms with Gasteiger partial charge in [0.15, 0.2) is 11.5 Å². The molecule has 2 aromatic carbocycles. The zero-order chi connectivity index (χ0) is 18.2. The quantitative estimate of drug-likeness (QED) is 0.566. The Balaban J connectivity index is 1.97. The Kier molecular flexibility index (Phi) is 6.82. The maximum Gasteiger partial charge on any atom is 0.244 e. The summed E-state index contributed by atoms with van der Waals surface area (Å²) in [6.45, 7) is 0. The second-order valence-corrected chi connectivity index (χ2v) is 5.91. The molecule has 0 radical (unpaired) electrons. The van der Waals surface area contributed by atoms with E-state index in [1.54, 1.807) is 33.6 Å². The predicted octanol–water partition coefficient (Wildman–Crippen LogP) is 3.17. The zero-order valence-electron chi connectivity index (χ0n) is 14.2. The van der Waals surface area contributed by atoms with Gasteiger partial charge >= 0.3 is 0 Å². The van der Waals surface area contributed by atoms with Crippen LogP contribution in [-0.4, -0.2) is 33.5 Å². The number of nitrogens with one attached hydrogen (secondary N) is 1. The molecule has 2 aromatic rings. The molecule has 6 nitrogen and oxygen atoms in total. The summed E-state index contributed by atoms with van der Waals surface area (Å²) in [7, 11) is 4.72. The molecule has 1 amide bonds.